The van der Waals surface area contributed by atoms with Gasteiger partial charge in [0, 0.05) is 12.6 Å². The van der Waals surface area contributed by atoms with Gasteiger partial charge in [0.25, 0.3) is 0 Å². The number of hydrogen-bond donors (Lipinski definition) is 1. The number of carbonyl (C=O) groups is 1. The van der Waals surface area contributed by atoms with E-state index in [9.17, 15) is 13.6 Å². The Hall–Kier alpha value is -1.01. The smallest absolute Gasteiger partial charge is 0.244 e. The average molecular weight is 319 g/mol. The molecule has 6 heteroatoms. The number of hydrogen-bond acceptors (Lipinski definition) is 2. The predicted molar refractivity (Wildman–Crippen MR) is 68.5 cm³/mol. The first-order valence-corrected chi connectivity index (χ1v) is 6.53. The van der Waals surface area contributed by atoms with Gasteiger partial charge in [-0.1, -0.05) is 6.92 Å². The summed E-state index contributed by atoms with van der Waals surface area (Å²) in [7, 11) is 0. The highest BCUT2D eigenvalue weighted by Crippen LogP contribution is 2.29. The molecule has 0 aromatic heterocycles. The summed E-state index contributed by atoms with van der Waals surface area (Å²) in [6.45, 7) is 2.96. The van der Waals surface area contributed by atoms with Gasteiger partial charge in [-0.25, -0.2) is 8.78 Å². The summed E-state index contributed by atoms with van der Waals surface area (Å²) in [5.41, 5.74) is 0.00102. The van der Waals surface area contributed by atoms with E-state index in [1.54, 1.807) is 0 Å². The third kappa shape index (κ3) is 2.40. The molecule has 1 amide bonds. The van der Waals surface area contributed by atoms with Gasteiger partial charge in [-0.3, -0.25) is 4.79 Å². The van der Waals surface area contributed by atoms with Gasteiger partial charge in [-0.2, -0.15) is 0 Å². The molecule has 1 unspecified atom stereocenters. The fourth-order valence-corrected chi connectivity index (χ4v) is 2.39. The third-order valence-corrected chi connectivity index (χ3v) is 3.54. The van der Waals surface area contributed by atoms with Crippen LogP contribution in [0.3, 0.4) is 0 Å². The lowest BCUT2D eigenvalue weighted by atomic mass is 10.2. The van der Waals surface area contributed by atoms with Crippen LogP contribution in [0, 0.1) is 11.6 Å². The Kier molecular flexibility index (Phi) is 3.97. The minimum Gasteiger partial charge on any atom is -0.308 e. The average Bonchev–Trinajstić information content (AvgIpc) is 2.67. The Morgan fingerprint density at radius 3 is 2.83 bits per heavy atom. The molecule has 1 atom stereocenters. The van der Waals surface area contributed by atoms with Gasteiger partial charge in [-0.05, 0) is 35.0 Å². The van der Waals surface area contributed by atoms with Crippen molar-refractivity contribution in [1.29, 1.82) is 0 Å². The lowest BCUT2D eigenvalue weighted by Crippen LogP contribution is -2.38. The van der Waals surface area contributed by atoms with Crippen LogP contribution in [0.25, 0.3) is 0 Å². The Morgan fingerprint density at radius 1 is 1.44 bits per heavy atom. The number of rotatable bonds is 3. The largest absolute Gasteiger partial charge is 0.308 e. The highest BCUT2D eigenvalue weighted by Gasteiger charge is 2.33. The molecule has 2 rings (SSSR count). The third-order valence-electron chi connectivity index (χ3n) is 2.94. The summed E-state index contributed by atoms with van der Waals surface area (Å²) in [6, 6.07) is 1.78. The van der Waals surface area contributed by atoms with E-state index in [0.29, 0.717) is 19.5 Å². The Bertz CT molecular complexity index is 481. The number of nitrogens with zero attached hydrogens (tertiary/aromatic N) is 1. The lowest BCUT2D eigenvalue weighted by molar-refractivity contribution is -0.118. The van der Waals surface area contributed by atoms with Gasteiger partial charge < -0.3 is 10.2 Å². The number of anilines is 1. The number of nitrogens with one attached hydrogen (secondary N) is 1. The first kappa shape index (κ1) is 13.4. The molecule has 0 saturated carbocycles. The van der Waals surface area contributed by atoms with Crippen molar-refractivity contribution in [2.75, 3.05) is 18.0 Å². The molecule has 1 fully saturated rings. The maximum Gasteiger partial charge on any atom is 0.244 e. The lowest BCUT2D eigenvalue weighted by Gasteiger charge is -2.18. The van der Waals surface area contributed by atoms with Gasteiger partial charge in [0.05, 0.1) is 16.2 Å². The highest BCUT2D eigenvalue weighted by molar-refractivity contribution is 9.10. The maximum absolute atomic E-state index is 13.8. The second-order valence-electron chi connectivity index (χ2n) is 4.11. The maximum atomic E-state index is 13.8. The Morgan fingerprint density at radius 2 is 2.17 bits per heavy atom. The summed E-state index contributed by atoms with van der Waals surface area (Å²) in [4.78, 5) is 13.3. The van der Waals surface area contributed by atoms with Crippen LogP contribution < -0.4 is 10.2 Å². The van der Waals surface area contributed by atoms with Gasteiger partial charge in [0.2, 0.25) is 5.91 Å². The van der Waals surface area contributed by atoms with Crippen molar-refractivity contribution in [3.8, 4) is 0 Å². The minimum absolute atomic E-state index is 0.00102. The molecule has 1 aromatic carbocycles. The van der Waals surface area contributed by atoms with Crippen molar-refractivity contribution >= 4 is 27.5 Å². The fraction of sp³-hybridized carbons (Fsp3) is 0.417. The Labute approximate surface area is 112 Å². The van der Waals surface area contributed by atoms with Gasteiger partial charge in [0.1, 0.15) is 11.6 Å². The van der Waals surface area contributed by atoms with Gasteiger partial charge in [-0.15, -0.1) is 0 Å². The van der Waals surface area contributed by atoms with E-state index in [1.165, 1.54) is 4.90 Å². The van der Waals surface area contributed by atoms with Crippen LogP contribution in [0.2, 0.25) is 0 Å². The number of halogens is 3. The molecule has 3 nitrogen and oxygen atoms in total. The predicted octanol–water partition coefficient (Wildman–Crippen LogP) is 2.44. The molecular weight excluding hydrogens is 306 g/mol. The zero-order chi connectivity index (χ0) is 13.3. The number of carbonyl (C=O) groups excluding carboxylic acids is 1. The van der Waals surface area contributed by atoms with Crippen LogP contribution in [-0.2, 0) is 4.79 Å². The van der Waals surface area contributed by atoms with E-state index in [-0.39, 0.29) is 22.1 Å². The molecule has 1 aliphatic heterocycles. The molecule has 0 radical (unpaired) electrons. The summed E-state index contributed by atoms with van der Waals surface area (Å²) in [6.07, 6.45) is 0.601. The molecule has 98 valence electrons. The summed E-state index contributed by atoms with van der Waals surface area (Å²) in [5, 5.41) is 3.02. The van der Waals surface area contributed by atoms with Crippen LogP contribution >= 0.6 is 15.9 Å². The molecule has 0 aliphatic carbocycles. The van der Waals surface area contributed by atoms with E-state index in [4.69, 9.17) is 0 Å². The second-order valence-corrected chi connectivity index (χ2v) is 4.96. The monoisotopic (exact) mass is 318 g/mol. The van der Waals surface area contributed by atoms with Crippen LogP contribution in [0.4, 0.5) is 14.5 Å². The molecule has 1 heterocycles. The first-order chi connectivity index (χ1) is 8.54. The fourth-order valence-electron chi connectivity index (χ4n) is 2.07. The number of likely N-dealkylation sites (N-methyl/N-ethyl adjacent to an activating group) is 1. The van der Waals surface area contributed by atoms with E-state index in [0.717, 1.165) is 12.1 Å². The SMILES string of the molecule is CCNC1CCN(c2cc(F)c(Br)cc2F)C1=O. The number of amides is 1. The van der Waals surface area contributed by atoms with Gasteiger partial charge >= 0.3 is 0 Å². The van der Waals surface area contributed by atoms with Crippen molar-refractivity contribution in [1.82, 2.24) is 5.32 Å². The van der Waals surface area contributed by atoms with Crippen LogP contribution in [-0.4, -0.2) is 25.0 Å². The van der Waals surface area contributed by atoms with Crippen molar-refractivity contribution < 1.29 is 13.6 Å². The van der Waals surface area contributed by atoms with Crippen LogP contribution in [0.1, 0.15) is 13.3 Å². The molecule has 1 aliphatic rings. The summed E-state index contributed by atoms with van der Waals surface area (Å²) >= 11 is 2.91. The minimum atomic E-state index is -0.603. The van der Waals surface area contributed by atoms with Crippen molar-refractivity contribution in [3.63, 3.8) is 0 Å². The summed E-state index contributed by atoms with van der Waals surface area (Å²) in [5.74, 6) is -1.39. The van der Waals surface area contributed by atoms with E-state index >= 15 is 0 Å². The molecule has 0 spiro atoms. The Balaban J connectivity index is 2.28. The number of benzene rings is 1. The molecule has 18 heavy (non-hydrogen) atoms. The van der Waals surface area contributed by atoms with Crippen LogP contribution in [0.5, 0.6) is 0 Å². The highest BCUT2D eigenvalue weighted by atomic mass is 79.9. The van der Waals surface area contributed by atoms with Crippen molar-refractivity contribution in [2.24, 2.45) is 0 Å². The van der Waals surface area contributed by atoms with E-state index < -0.39 is 11.6 Å². The zero-order valence-electron chi connectivity index (χ0n) is 9.84. The van der Waals surface area contributed by atoms with Crippen LogP contribution in [0.15, 0.2) is 16.6 Å². The van der Waals surface area contributed by atoms with Crippen molar-refractivity contribution in [3.05, 3.63) is 28.2 Å². The van der Waals surface area contributed by atoms with E-state index in [1.807, 2.05) is 6.92 Å². The molecular formula is C12H13BrF2N2O. The standard InChI is InChI=1S/C12H13BrF2N2O/c1-2-16-10-3-4-17(12(10)18)11-6-8(14)7(13)5-9(11)15/h5-6,10,16H,2-4H2,1H3. The molecule has 1 aromatic rings. The van der Waals surface area contributed by atoms with Crippen molar-refractivity contribution in [2.45, 2.75) is 19.4 Å². The molecule has 1 saturated heterocycles. The quantitative estimate of drug-likeness (QED) is 0.868. The topological polar surface area (TPSA) is 32.3 Å². The summed E-state index contributed by atoms with van der Waals surface area (Å²) < 4.78 is 27.2. The normalized spacial score (nSPS) is 19.7. The second kappa shape index (κ2) is 5.32. The van der Waals surface area contributed by atoms with E-state index in [2.05, 4.69) is 21.2 Å². The van der Waals surface area contributed by atoms with Gasteiger partial charge in [0.15, 0.2) is 0 Å². The first-order valence-electron chi connectivity index (χ1n) is 5.74. The molecule has 1 N–H and O–H groups in total. The zero-order valence-corrected chi connectivity index (χ0v) is 11.4. The molecule has 0 bridgehead atoms.